The van der Waals surface area contributed by atoms with Crippen LogP contribution in [0.2, 0.25) is 0 Å². The number of carbonyl (C=O) groups excluding carboxylic acids is 1. The molecule has 0 N–H and O–H groups in total. The Hall–Kier alpha value is -3.47. The molecule has 0 heterocycles. The van der Waals surface area contributed by atoms with Gasteiger partial charge in [0.05, 0.1) is 19.8 Å². The van der Waals surface area contributed by atoms with Gasteiger partial charge in [0.15, 0.2) is 17.3 Å². The van der Waals surface area contributed by atoms with E-state index in [1.165, 1.54) is 11.6 Å². The normalized spacial score (nSPS) is 10.4. The Bertz CT molecular complexity index is 1010. The lowest BCUT2D eigenvalue weighted by molar-refractivity contribution is 0.104. The second kappa shape index (κ2) is 12.4. The van der Waals surface area contributed by atoms with Crippen molar-refractivity contribution < 1.29 is 23.7 Å². The van der Waals surface area contributed by atoms with Crippen LogP contribution in [0.25, 0.3) is 6.08 Å². The molecule has 2 aromatic carbocycles. The van der Waals surface area contributed by atoms with Gasteiger partial charge in [-0.15, -0.1) is 0 Å². The van der Waals surface area contributed by atoms with Crippen LogP contribution in [0.5, 0.6) is 23.0 Å². The maximum atomic E-state index is 12.9. The molecule has 2 rings (SSSR count). The molecule has 0 atom stereocenters. The Morgan fingerprint density at radius 2 is 1.44 bits per heavy atom. The third-order valence-corrected chi connectivity index (χ3v) is 4.53. The molecule has 5 nitrogen and oxygen atoms in total. The number of benzene rings is 2. The Kier molecular flexibility index (Phi) is 9.61. The molecule has 0 fully saturated rings. The predicted octanol–water partition coefficient (Wildman–Crippen LogP) is 6.29. The molecule has 5 heteroatoms. The molecule has 0 saturated heterocycles. The van der Waals surface area contributed by atoms with Crippen molar-refractivity contribution in [1.82, 2.24) is 0 Å². The number of hydrogen-bond acceptors (Lipinski definition) is 5. The van der Waals surface area contributed by atoms with Gasteiger partial charge < -0.3 is 18.9 Å². The fraction of sp³-hybridized carbons (Fsp3) is 0.296. The van der Waals surface area contributed by atoms with Gasteiger partial charge in [-0.3, -0.25) is 4.79 Å². The fourth-order valence-corrected chi connectivity index (χ4v) is 2.74. The van der Waals surface area contributed by atoms with Crippen LogP contribution in [0.1, 0.15) is 43.6 Å². The Morgan fingerprint density at radius 3 is 2.06 bits per heavy atom. The highest BCUT2D eigenvalue weighted by atomic mass is 16.5. The second-order valence-corrected chi connectivity index (χ2v) is 7.65. The summed E-state index contributed by atoms with van der Waals surface area (Å²) >= 11 is 0. The van der Waals surface area contributed by atoms with Gasteiger partial charge >= 0.3 is 0 Å². The van der Waals surface area contributed by atoms with Gasteiger partial charge in [-0.2, -0.15) is 0 Å². The number of ether oxygens (including phenoxy) is 4. The number of allylic oxidation sites excluding steroid dienone is 3. The van der Waals surface area contributed by atoms with Crippen molar-refractivity contribution in [2.75, 3.05) is 27.4 Å². The summed E-state index contributed by atoms with van der Waals surface area (Å²) in [5.41, 5.74) is 3.61. The van der Waals surface area contributed by atoms with Crippen molar-refractivity contribution in [1.29, 1.82) is 0 Å². The van der Waals surface area contributed by atoms with E-state index in [4.69, 9.17) is 18.9 Å². The van der Waals surface area contributed by atoms with Gasteiger partial charge in [0, 0.05) is 6.07 Å². The average molecular weight is 437 g/mol. The molecule has 0 bridgehead atoms. The van der Waals surface area contributed by atoms with E-state index >= 15 is 0 Å². The number of rotatable bonds is 11. The van der Waals surface area contributed by atoms with E-state index in [0.717, 1.165) is 11.1 Å². The Balaban J connectivity index is 2.26. The maximum Gasteiger partial charge on any atom is 0.189 e. The summed E-state index contributed by atoms with van der Waals surface area (Å²) in [5.74, 6) is 2.21. The van der Waals surface area contributed by atoms with Crippen molar-refractivity contribution in [3.63, 3.8) is 0 Å². The summed E-state index contributed by atoms with van der Waals surface area (Å²) in [7, 11) is 3.16. The van der Waals surface area contributed by atoms with Crippen LogP contribution < -0.4 is 18.9 Å². The Morgan fingerprint density at radius 1 is 0.781 bits per heavy atom. The monoisotopic (exact) mass is 436 g/mol. The van der Waals surface area contributed by atoms with Crippen LogP contribution in [0.3, 0.4) is 0 Å². The minimum Gasteiger partial charge on any atom is -0.493 e. The van der Waals surface area contributed by atoms with Crippen LogP contribution in [0, 0.1) is 0 Å². The molecule has 0 amide bonds. The molecule has 0 unspecified atom stereocenters. The van der Waals surface area contributed by atoms with Crippen molar-refractivity contribution in [3.8, 4) is 23.0 Å². The van der Waals surface area contributed by atoms with E-state index in [-0.39, 0.29) is 5.78 Å². The average Bonchev–Trinajstić information content (AvgIpc) is 2.77. The van der Waals surface area contributed by atoms with Gasteiger partial charge in [-0.05, 0) is 75.8 Å². The van der Waals surface area contributed by atoms with Crippen LogP contribution in [-0.2, 0) is 0 Å². The Labute approximate surface area is 191 Å². The summed E-state index contributed by atoms with van der Waals surface area (Å²) in [4.78, 5) is 12.9. The zero-order valence-electron chi connectivity index (χ0n) is 19.7. The number of ketones is 1. The van der Waals surface area contributed by atoms with Crippen LogP contribution in [-0.4, -0.2) is 33.2 Å². The molecule has 2 aromatic rings. The smallest absolute Gasteiger partial charge is 0.189 e. The minimum atomic E-state index is -0.164. The van der Waals surface area contributed by atoms with Crippen LogP contribution in [0.15, 0.2) is 65.8 Å². The second-order valence-electron chi connectivity index (χ2n) is 7.65. The van der Waals surface area contributed by atoms with Crippen LogP contribution >= 0.6 is 0 Å². The van der Waals surface area contributed by atoms with Gasteiger partial charge in [-0.1, -0.05) is 23.3 Å². The van der Waals surface area contributed by atoms with E-state index < -0.39 is 0 Å². The largest absolute Gasteiger partial charge is 0.493 e. The van der Waals surface area contributed by atoms with E-state index in [1.807, 2.05) is 52.0 Å². The number of hydrogen-bond donors (Lipinski definition) is 0. The van der Waals surface area contributed by atoms with Gasteiger partial charge in [0.25, 0.3) is 0 Å². The summed E-state index contributed by atoms with van der Waals surface area (Å²) < 4.78 is 22.2. The molecule has 0 aliphatic heterocycles. The van der Waals surface area contributed by atoms with Crippen molar-refractivity contribution >= 4 is 11.9 Å². The fourth-order valence-electron chi connectivity index (χ4n) is 2.74. The van der Waals surface area contributed by atoms with Crippen molar-refractivity contribution in [2.24, 2.45) is 0 Å². The molecule has 0 aromatic heterocycles. The van der Waals surface area contributed by atoms with Crippen molar-refractivity contribution in [2.45, 2.75) is 27.7 Å². The maximum absolute atomic E-state index is 12.9. The molecule has 0 spiro atoms. The summed E-state index contributed by atoms with van der Waals surface area (Å²) in [6, 6.07) is 10.7. The molecule has 0 radical (unpaired) electrons. The molecular weight excluding hydrogens is 404 g/mol. The zero-order chi connectivity index (χ0) is 23.5. The first kappa shape index (κ1) is 24.8. The van der Waals surface area contributed by atoms with Gasteiger partial charge in [0.1, 0.15) is 24.7 Å². The van der Waals surface area contributed by atoms with Crippen LogP contribution in [0.4, 0.5) is 0 Å². The first-order chi connectivity index (χ1) is 15.3. The summed E-state index contributed by atoms with van der Waals surface area (Å²) in [5, 5.41) is 0. The first-order valence-electron chi connectivity index (χ1n) is 10.4. The summed E-state index contributed by atoms with van der Waals surface area (Å²) in [6.45, 7) is 8.87. The zero-order valence-corrected chi connectivity index (χ0v) is 19.7. The molecule has 32 heavy (non-hydrogen) atoms. The third-order valence-electron chi connectivity index (χ3n) is 4.53. The SMILES string of the molecule is COc1ccc(/C=C/C(=O)c2ccc(OCC=C(C)C)cc2OCC=C(C)C)cc1OC. The lowest BCUT2D eigenvalue weighted by atomic mass is 10.1. The highest BCUT2D eigenvalue weighted by Crippen LogP contribution is 2.29. The molecular formula is C27H32O5. The van der Waals surface area contributed by atoms with E-state index in [2.05, 4.69) is 0 Å². The van der Waals surface area contributed by atoms with Gasteiger partial charge in [-0.25, -0.2) is 0 Å². The quantitative estimate of drug-likeness (QED) is 0.235. The molecule has 0 aliphatic rings. The van der Waals surface area contributed by atoms with E-state index in [1.54, 1.807) is 44.6 Å². The lowest BCUT2D eigenvalue weighted by Gasteiger charge is -2.12. The number of methoxy groups -OCH3 is 2. The number of carbonyl (C=O) groups is 1. The third kappa shape index (κ3) is 7.65. The minimum absolute atomic E-state index is 0.164. The van der Waals surface area contributed by atoms with E-state index in [0.29, 0.717) is 41.8 Å². The lowest BCUT2D eigenvalue weighted by Crippen LogP contribution is -2.04. The highest BCUT2D eigenvalue weighted by Gasteiger charge is 2.12. The highest BCUT2D eigenvalue weighted by molar-refractivity contribution is 6.08. The van der Waals surface area contributed by atoms with E-state index in [9.17, 15) is 4.79 Å². The molecule has 0 saturated carbocycles. The first-order valence-corrected chi connectivity index (χ1v) is 10.4. The molecule has 0 aliphatic carbocycles. The van der Waals surface area contributed by atoms with Crippen molar-refractivity contribution in [3.05, 3.63) is 76.9 Å². The standard InChI is InChI=1S/C27H32O5/c1-19(2)13-15-31-22-9-10-23(26(18-22)32-16-14-20(3)4)24(28)11-7-21-8-12-25(29-5)27(17-21)30-6/h7-14,17-18H,15-16H2,1-6H3/b11-7+. The predicted molar refractivity (Wildman–Crippen MR) is 129 cm³/mol. The molecule has 170 valence electrons. The topological polar surface area (TPSA) is 54.0 Å². The van der Waals surface area contributed by atoms with Gasteiger partial charge in [0.2, 0.25) is 0 Å². The summed E-state index contributed by atoms with van der Waals surface area (Å²) in [6.07, 6.45) is 7.22.